The van der Waals surface area contributed by atoms with Crippen molar-refractivity contribution in [3.63, 3.8) is 0 Å². The van der Waals surface area contributed by atoms with Crippen molar-refractivity contribution in [2.75, 3.05) is 17.5 Å². The predicted molar refractivity (Wildman–Crippen MR) is 51.5 cm³/mol. The number of alkyl halides is 1. The molecule has 0 saturated heterocycles. The van der Waals surface area contributed by atoms with Gasteiger partial charge in [-0.05, 0) is 0 Å². The molecule has 14 heavy (non-hydrogen) atoms. The summed E-state index contributed by atoms with van der Waals surface area (Å²) in [7, 11) is 0. The molecule has 3 nitrogen and oxygen atoms in total. The van der Waals surface area contributed by atoms with E-state index in [0.29, 0.717) is 0 Å². The quantitative estimate of drug-likeness (QED) is 0.476. The van der Waals surface area contributed by atoms with Crippen molar-refractivity contribution in [2.45, 2.75) is 0 Å². The molecule has 0 aliphatic carbocycles. The molecule has 0 amide bonds. The smallest absolute Gasteiger partial charge is 0.185 e. The Kier molecular flexibility index (Phi) is 3.23. The van der Waals surface area contributed by atoms with Gasteiger partial charge in [-0.25, -0.2) is 8.78 Å². The lowest BCUT2D eigenvalue weighted by Gasteiger charge is -2.11. The number of nitrogen functional groups attached to an aromatic ring is 2. The van der Waals surface area contributed by atoms with Gasteiger partial charge in [0.25, 0.3) is 0 Å². The molecule has 4 N–H and O–H groups in total. The highest BCUT2D eigenvalue weighted by Crippen LogP contribution is 2.39. The number of hydrogen-bond acceptors (Lipinski definition) is 3. The molecule has 0 aliphatic heterocycles. The monoisotopic (exact) mass is 242 g/mol. The highest BCUT2D eigenvalue weighted by atomic mass is 35.5. The van der Waals surface area contributed by atoms with Crippen molar-refractivity contribution in [3.05, 3.63) is 16.7 Å². The third-order valence-corrected chi connectivity index (χ3v) is 2.00. The molecule has 0 saturated carbocycles. The minimum Gasteiger partial charge on any atom is -0.474 e. The Balaban J connectivity index is 3.43. The van der Waals surface area contributed by atoms with Crippen LogP contribution >= 0.6 is 23.2 Å². The molecular formula is C7H6Cl2F2N2O. The molecule has 7 heteroatoms. The van der Waals surface area contributed by atoms with Gasteiger partial charge < -0.3 is 16.2 Å². The van der Waals surface area contributed by atoms with Crippen LogP contribution in [0.5, 0.6) is 5.75 Å². The maximum Gasteiger partial charge on any atom is 0.185 e. The summed E-state index contributed by atoms with van der Waals surface area (Å²) in [5.74, 6) is -2.86. The third kappa shape index (κ3) is 1.65. The summed E-state index contributed by atoms with van der Waals surface area (Å²) in [6, 6.07) is -0.297. The van der Waals surface area contributed by atoms with E-state index in [2.05, 4.69) is 0 Å². The Bertz CT molecular complexity index is 344. The summed E-state index contributed by atoms with van der Waals surface area (Å²) in [4.78, 5) is 0. The first-order valence-corrected chi connectivity index (χ1v) is 4.32. The van der Waals surface area contributed by atoms with Crippen LogP contribution < -0.4 is 16.2 Å². The third-order valence-electron chi connectivity index (χ3n) is 1.55. The summed E-state index contributed by atoms with van der Waals surface area (Å²) < 4.78 is 30.6. The SMILES string of the molecule is Nc1c(N)c(OCCl)c(Cl)c(F)c1F. The van der Waals surface area contributed by atoms with Gasteiger partial charge >= 0.3 is 0 Å². The Morgan fingerprint density at radius 1 is 1.14 bits per heavy atom. The first-order chi connectivity index (χ1) is 6.50. The van der Waals surface area contributed by atoms with Crippen LogP contribution in [0, 0.1) is 11.6 Å². The van der Waals surface area contributed by atoms with Crippen LogP contribution in [0.25, 0.3) is 0 Å². The molecule has 0 heterocycles. The van der Waals surface area contributed by atoms with Gasteiger partial charge in [-0.1, -0.05) is 23.2 Å². The Morgan fingerprint density at radius 3 is 2.21 bits per heavy atom. The molecule has 0 aromatic heterocycles. The zero-order chi connectivity index (χ0) is 10.9. The average Bonchev–Trinajstić information content (AvgIpc) is 2.19. The zero-order valence-corrected chi connectivity index (χ0v) is 8.29. The van der Waals surface area contributed by atoms with Crippen LogP contribution in [0.1, 0.15) is 0 Å². The second kappa shape index (κ2) is 4.06. The first-order valence-electron chi connectivity index (χ1n) is 3.40. The van der Waals surface area contributed by atoms with Crippen molar-refractivity contribution in [3.8, 4) is 5.75 Å². The van der Waals surface area contributed by atoms with E-state index in [1.807, 2.05) is 0 Å². The normalized spacial score (nSPS) is 10.3. The van der Waals surface area contributed by atoms with Gasteiger partial charge in [0.15, 0.2) is 23.5 Å². The van der Waals surface area contributed by atoms with Crippen LogP contribution in [0.15, 0.2) is 0 Å². The van der Waals surface area contributed by atoms with Crippen molar-refractivity contribution in [1.82, 2.24) is 0 Å². The number of benzene rings is 1. The van der Waals surface area contributed by atoms with Gasteiger partial charge in [-0.15, -0.1) is 0 Å². The molecule has 0 unspecified atom stereocenters. The van der Waals surface area contributed by atoms with E-state index in [4.69, 9.17) is 39.4 Å². The molecule has 0 atom stereocenters. The molecule has 0 aliphatic rings. The molecule has 78 valence electrons. The Labute approximate surface area is 88.5 Å². The van der Waals surface area contributed by atoms with Crippen molar-refractivity contribution >= 4 is 34.6 Å². The van der Waals surface area contributed by atoms with E-state index in [9.17, 15) is 8.78 Å². The first kappa shape index (κ1) is 11.1. The summed E-state index contributed by atoms with van der Waals surface area (Å²) >= 11 is 10.7. The number of halogens is 4. The lowest BCUT2D eigenvalue weighted by atomic mass is 10.2. The topological polar surface area (TPSA) is 61.3 Å². The second-order valence-corrected chi connectivity index (χ2v) is 2.95. The lowest BCUT2D eigenvalue weighted by molar-refractivity contribution is 0.385. The van der Waals surface area contributed by atoms with Gasteiger partial charge in [0.05, 0.1) is 5.69 Å². The average molecular weight is 243 g/mol. The van der Waals surface area contributed by atoms with Gasteiger partial charge in [0.1, 0.15) is 10.7 Å². The van der Waals surface area contributed by atoms with E-state index in [-0.39, 0.29) is 17.5 Å². The number of ether oxygens (including phenoxy) is 1. The van der Waals surface area contributed by atoms with Gasteiger partial charge in [0.2, 0.25) is 0 Å². The number of rotatable bonds is 2. The molecule has 1 aromatic rings. The Morgan fingerprint density at radius 2 is 1.71 bits per heavy atom. The molecule has 0 fully saturated rings. The van der Waals surface area contributed by atoms with E-state index in [1.165, 1.54) is 0 Å². The highest BCUT2D eigenvalue weighted by molar-refractivity contribution is 6.33. The molecular weight excluding hydrogens is 237 g/mol. The summed E-state index contributed by atoms with van der Waals surface area (Å²) in [5.41, 5.74) is 9.68. The second-order valence-electron chi connectivity index (χ2n) is 2.35. The van der Waals surface area contributed by atoms with Crippen LogP contribution in [0.2, 0.25) is 5.02 Å². The fourth-order valence-corrected chi connectivity index (χ4v) is 1.22. The van der Waals surface area contributed by atoms with E-state index >= 15 is 0 Å². The van der Waals surface area contributed by atoms with E-state index in [1.54, 1.807) is 0 Å². The summed E-state index contributed by atoms with van der Waals surface area (Å²) in [6.45, 7) is 0. The largest absolute Gasteiger partial charge is 0.474 e. The summed E-state index contributed by atoms with van der Waals surface area (Å²) in [5, 5.41) is -0.574. The molecule has 1 rings (SSSR count). The molecule has 1 aromatic carbocycles. The van der Waals surface area contributed by atoms with Crippen LogP contribution in [-0.4, -0.2) is 6.07 Å². The van der Waals surface area contributed by atoms with Gasteiger partial charge in [0, 0.05) is 0 Å². The molecule has 0 spiro atoms. The number of nitrogens with two attached hydrogens (primary N) is 2. The van der Waals surface area contributed by atoms with Crippen molar-refractivity contribution in [1.29, 1.82) is 0 Å². The fourth-order valence-electron chi connectivity index (χ4n) is 0.869. The van der Waals surface area contributed by atoms with Crippen molar-refractivity contribution < 1.29 is 13.5 Å². The van der Waals surface area contributed by atoms with E-state index < -0.39 is 22.3 Å². The minimum absolute atomic E-state index is 0.252. The zero-order valence-electron chi connectivity index (χ0n) is 6.78. The maximum absolute atomic E-state index is 13.0. The number of anilines is 2. The van der Waals surface area contributed by atoms with Gasteiger partial charge in [-0.2, -0.15) is 0 Å². The van der Waals surface area contributed by atoms with Crippen LogP contribution in [0.3, 0.4) is 0 Å². The van der Waals surface area contributed by atoms with Crippen LogP contribution in [-0.2, 0) is 0 Å². The minimum atomic E-state index is -1.31. The van der Waals surface area contributed by atoms with E-state index in [0.717, 1.165) is 0 Å². The molecule has 0 bridgehead atoms. The molecule has 0 radical (unpaired) electrons. The van der Waals surface area contributed by atoms with Crippen LogP contribution in [0.4, 0.5) is 20.2 Å². The fraction of sp³-hybridized carbons (Fsp3) is 0.143. The van der Waals surface area contributed by atoms with Crippen molar-refractivity contribution in [2.24, 2.45) is 0 Å². The predicted octanol–water partition coefficient (Wildman–Crippen LogP) is 2.36. The standard InChI is InChI=1S/C7H6Cl2F2N2O/c8-1-14-7-2(9)3(10)4(11)5(12)6(7)13/h1,12-13H2. The number of hydrogen-bond donors (Lipinski definition) is 2. The highest BCUT2D eigenvalue weighted by Gasteiger charge is 2.21. The maximum atomic E-state index is 13.0. The Hall–Kier alpha value is -0.940. The summed E-state index contributed by atoms with van der Waals surface area (Å²) in [6.07, 6.45) is 0. The lowest BCUT2D eigenvalue weighted by Crippen LogP contribution is -2.05. The van der Waals surface area contributed by atoms with Gasteiger partial charge in [-0.3, -0.25) is 0 Å².